The lowest BCUT2D eigenvalue weighted by atomic mass is 9.93. The number of aliphatic hydroxyl groups is 2. The van der Waals surface area contributed by atoms with Crippen molar-refractivity contribution in [2.45, 2.75) is 38.1 Å². The molecule has 4 N–H and O–H groups in total. The normalized spacial score (nSPS) is 11.7. The molecule has 0 aliphatic carbocycles. The van der Waals surface area contributed by atoms with E-state index in [1.54, 1.807) is 6.26 Å². The molecule has 0 spiro atoms. The number of hydrogen-bond donors (Lipinski definition) is 3. The molecule has 0 saturated heterocycles. The van der Waals surface area contributed by atoms with E-state index in [1.165, 1.54) is 11.1 Å². The third-order valence-corrected chi connectivity index (χ3v) is 5.08. The fourth-order valence-corrected chi connectivity index (χ4v) is 3.06. The molecule has 0 unspecified atom stereocenters. The summed E-state index contributed by atoms with van der Waals surface area (Å²) in [5, 5.41) is 18.6. The Morgan fingerprint density at radius 1 is 0.929 bits per heavy atom. The number of nitrogens with zero attached hydrogens (tertiary/aromatic N) is 1. The predicted molar refractivity (Wildman–Crippen MR) is 110 cm³/mol. The van der Waals surface area contributed by atoms with E-state index in [0.29, 0.717) is 6.42 Å². The van der Waals surface area contributed by atoms with Crippen LogP contribution in [0.25, 0.3) is 11.3 Å². The molecule has 28 heavy (non-hydrogen) atoms. The zero-order chi connectivity index (χ0) is 20.0. The summed E-state index contributed by atoms with van der Waals surface area (Å²) in [6.45, 7) is 1.59. The van der Waals surface area contributed by atoms with E-state index >= 15 is 0 Å². The van der Waals surface area contributed by atoms with Crippen molar-refractivity contribution in [2.24, 2.45) is 5.73 Å². The Labute approximate surface area is 165 Å². The third-order valence-electron chi connectivity index (χ3n) is 5.08. The van der Waals surface area contributed by atoms with Crippen molar-refractivity contribution < 1.29 is 14.6 Å². The van der Waals surface area contributed by atoms with Gasteiger partial charge in [0.15, 0.2) is 5.89 Å². The van der Waals surface area contributed by atoms with Crippen molar-refractivity contribution >= 4 is 0 Å². The SMILES string of the molecule is CCc1nc(-c2ccc(Cc3ccc(CCC(N)(CO)CO)cc3)cc2)co1. The number of hydrogen-bond acceptors (Lipinski definition) is 5. The summed E-state index contributed by atoms with van der Waals surface area (Å²) in [5.41, 5.74) is 10.6. The molecular weight excluding hydrogens is 352 g/mol. The number of aromatic nitrogens is 1. The first-order valence-corrected chi connectivity index (χ1v) is 9.67. The Morgan fingerprint density at radius 3 is 2.04 bits per heavy atom. The highest BCUT2D eigenvalue weighted by Crippen LogP contribution is 2.21. The summed E-state index contributed by atoms with van der Waals surface area (Å²) in [4.78, 5) is 4.46. The van der Waals surface area contributed by atoms with Gasteiger partial charge in [-0.2, -0.15) is 0 Å². The molecule has 2 aromatic carbocycles. The van der Waals surface area contributed by atoms with Crippen LogP contribution in [0.15, 0.2) is 59.2 Å². The summed E-state index contributed by atoms with van der Waals surface area (Å²) in [7, 11) is 0. The molecule has 5 heteroatoms. The van der Waals surface area contributed by atoms with E-state index < -0.39 is 5.54 Å². The van der Waals surface area contributed by atoms with Gasteiger partial charge in [-0.05, 0) is 36.0 Å². The van der Waals surface area contributed by atoms with E-state index in [2.05, 4.69) is 53.5 Å². The molecule has 0 amide bonds. The van der Waals surface area contributed by atoms with Gasteiger partial charge in [-0.15, -0.1) is 0 Å². The van der Waals surface area contributed by atoms with Crippen LogP contribution in [0.2, 0.25) is 0 Å². The average molecular weight is 380 g/mol. The highest BCUT2D eigenvalue weighted by Gasteiger charge is 2.22. The van der Waals surface area contributed by atoms with Crippen LogP contribution >= 0.6 is 0 Å². The number of nitrogens with two attached hydrogens (primary N) is 1. The second-order valence-electron chi connectivity index (χ2n) is 7.35. The van der Waals surface area contributed by atoms with Crippen molar-refractivity contribution in [1.29, 1.82) is 0 Å². The first-order valence-electron chi connectivity index (χ1n) is 9.67. The molecule has 0 aliphatic rings. The standard InChI is InChI=1S/C23H28N2O3/c1-2-22-25-21(14-28-22)20-9-7-19(8-10-20)13-18-5-3-17(4-6-18)11-12-23(24,15-26)16-27/h3-10,14,26-27H,2,11-13,15-16,24H2,1H3. The minimum atomic E-state index is -0.915. The monoisotopic (exact) mass is 380 g/mol. The van der Waals surface area contributed by atoms with Gasteiger partial charge in [0, 0.05) is 12.0 Å². The van der Waals surface area contributed by atoms with Crippen molar-refractivity contribution in [1.82, 2.24) is 4.98 Å². The molecule has 0 aliphatic heterocycles. The quantitative estimate of drug-likeness (QED) is 0.530. The van der Waals surface area contributed by atoms with Gasteiger partial charge in [0.1, 0.15) is 12.0 Å². The van der Waals surface area contributed by atoms with Gasteiger partial charge in [-0.3, -0.25) is 0 Å². The number of rotatable bonds is 9. The summed E-state index contributed by atoms with van der Waals surface area (Å²) < 4.78 is 5.41. The van der Waals surface area contributed by atoms with Gasteiger partial charge in [0.2, 0.25) is 0 Å². The van der Waals surface area contributed by atoms with Crippen LogP contribution in [0.1, 0.15) is 35.9 Å². The molecule has 1 heterocycles. The van der Waals surface area contributed by atoms with Gasteiger partial charge in [-0.1, -0.05) is 55.5 Å². The molecule has 5 nitrogen and oxygen atoms in total. The lowest BCUT2D eigenvalue weighted by Crippen LogP contribution is -2.47. The van der Waals surface area contributed by atoms with Crippen molar-refractivity contribution in [3.63, 3.8) is 0 Å². The summed E-state index contributed by atoms with van der Waals surface area (Å²) in [6.07, 6.45) is 4.62. The smallest absolute Gasteiger partial charge is 0.194 e. The maximum atomic E-state index is 9.28. The molecule has 0 atom stereocenters. The second-order valence-corrected chi connectivity index (χ2v) is 7.35. The fraction of sp³-hybridized carbons (Fsp3) is 0.348. The molecular formula is C23H28N2O3. The average Bonchev–Trinajstić information content (AvgIpc) is 3.23. The molecule has 3 rings (SSSR count). The minimum Gasteiger partial charge on any atom is -0.448 e. The van der Waals surface area contributed by atoms with Gasteiger partial charge in [-0.25, -0.2) is 4.98 Å². The number of aryl methyl sites for hydroxylation is 2. The van der Waals surface area contributed by atoms with Crippen LogP contribution in [-0.4, -0.2) is 33.9 Å². The molecule has 1 aromatic heterocycles. The minimum absolute atomic E-state index is 0.217. The largest absolute Gasteiger partial charge is 0.448 e. The van der Waals surface area contributed by atoms with Crippen LogP contribution < -0.4 is 5.73 Å². The maximum absolute atomic E-state index is 9.28. The van der Waals surface area contributed by atoms with Gasteiger partial charge in [0.25, 0.3) is 0 Å². The van der Waals surface area contributed by atoms with Gasteiger partial charge < -0.3 is 20.4 Å². The Morgan fingerprint density at radius 2 is 1.50 bits per heavy atom. The summed E-state index contributed by atoms with van der Waals surface area (Å²) in [5.74, 6) is 0.754. The lowest BCUT2D eigenvalue weighted by Gasteiger charge is -2.24. The maximum Gasteiger partial charge on any atom is 0.194 e. The Kier molecular flexibility index (Phi) is 6.62. The highest BCUT2D eigenvalue weighted by atomic mass is 16.3. The predicted octanol–water partition coefficient (Wildman–Crippen LogP) is 3.11. The summed E-state index contributed by atoms with van der Waals surface area (Å²) >= 11 is 0. The second kappa shape index (κ2) is 9.15. The zero-order valence-corrected chi connectivity index (χ0v) is 16.3. The van der Waals surface area contributed by atoms with E-state index in [9.17, 15) is 10.2 Å². The number of oxazole rings is 1. The molecule has 3 aromatic rings. The van der Waals surface area contributed by atoms with Crippen molar-refractivity contribution in [2.75, 3.05) is 13.2 Å². The topological polar surface area (TPSA) is 92.5 Å². The van der Waals surface area contributed by atoms with E-state index in [4.69, 9.17) is 10.2 Å². The van der Waals surface area contributed by atoms with Crippen molar-refractivity contribution in [3.8, 4) is 11.3 Å². The van der Waals surface area contributed by atoms with Gasteiger partial charge in [0.05, 0.1) is 18.8 Å². The zero-order valence-electron chi connectivity index (χ0n) is 16.3. The first kappa shape index (κ1) is 20.3. The van der Waals surface area contributed by atoms with E-state index in [0.717, 1.165) is 42.0 Å². The van der Waals surface area contributed by atoms with Crippen molar-refractivity contribution in [3.05, 3.63) is 77.4 Å². The molecule has 0 saturated carbocycles. The summed E-state index contributed by atoms with van der Waals surface area (Å²) in [6, 6.07) is 16.8. The third kappa shape index (κ3) is 5.07. The van der Waals surface area contributed by atoms with E-state index in [1.807, 2.05) is 6.92 Å². The molecule has 0 bridgehead atoms. The van der Waals surface area contributed by atoms with Crippen LogP contribution in [-0.2, 0) is 19.3 Å². The molecule has 0 radical (unpaired) electrons. The van der Waals surface area contributed by atoms with Crippen LogP contribution in [0.3, 0.4) is 0 Å². The van der Waals surface area contributed by atoms with Crippen LogP contribution in [0.4, 0.5) is 0 Å². The number of aliphatic hydroxyl groups excluding tert-OH is 2. The fourth-order valence-electron chi connectivity index (χ4n) is 3.06. The van der Waals surface area contributed by atoms with Crippen LogP contribution in [0.5, 0.6) is 0 Å². The lowest BCUT2D eigenvalue weighted by molar-refractivity contribution is 0.115. The Bertz CT molecular complexity index is 866. The Hall–Kier alpha value is -2.47. The number of benzene rings is 2. The molecule has 0 fully saturated rings. The molecule has 148 valence electrons. The first-order chi connectivity index (χ1) is 13.5. The van der Waals surface area contributed by atoms with E-state index in [-0.39, 0.29) is 13.2 Å². The van der Waals surface area contributed by atoms with Gasteiger partial charge >= 0.3 is 0 Å². The van der Waals surface area contributed by atoms with Crippen LogP contribution in [0, 0.1) is 0 Å². The highest BCUT2D eigenvalue weighted by molar-refractivity contribution is 5.58. The Balaban J connectivity index is 1.59.